The van der Waals surface area contributed by atoms with Gasteiger partial charge in [-0.3, -0.25) is 0 Å². The Morgan fingerprint density at radius 3 is 1.37 bits per heavy atom. The summed E-state index contributed by atoms with van der Waals surface area (Å²) in [6.45, 7) is 11.5. The third kappa shape index (κ3) is 17.5. The second kappa shape index (κ2) is 35.6. The van der Waals surface area contributed by atoms with Gasteiger partial charge in [0.2, 0.25) is 35.0 Å². The second-order valence-electron chi connectivity index (χ2n) is 24.9. The van der Waals surface area contributed by atoms with Gasteiger partial charge in [-0.15, -0.1) is 15.3 Å². The SMILES string of the molecule is CCOC(=O)c1oc([C@@H]2O[C@@H]3CO[C@H](c4ccccc4)O[C@@H]3[C@H](n3cc(-c4cccc(F)c4)nn3)[C@H]2C)nc1C.CCOC(=O)c1oc([C@@H]2O[C@H](CO)[C@H](O)[C@H](n3cc(-c4cccc(F)c4)nn3)[C@H]2C)nc1C.Cc1nc([C@@H]2O[C@H](CO)[C@H](O)[C@H](n3cc(-c4cccc(F)c4)nn3)[C@H]2O)oc1C(=O)O.[NH-]O.[Na+]. The molecule has 4 aromatic carbocycles. The molecule has 37 heteroatoms. The van der Waals surface area contributed by atoms with Crippen LogP contribution in [0.25, 0.3) is 39.7 Å². The molecule has 16 atom stereocenters. The summed E-state index contributed by atoms with van der Waals surface area (Å²) in [5.41, 5.74) is 4.54. The number of carbonyl (C=O) groups excluding carboxylic acids is 2. The molecular formula is C70H75F3N13NaO20. The number of halogens is 3. The third-order valence-electron chi connectivity index (χ3n) is 18.0. The molecule has 0 saturated carbocycles. The first-order chi connectivity index (χ1) is 51.1. The number of esters is 2. The summed E-state index contributed by atoms with van der Waals surface area (Å²) in [6.07, 6.45) is -5.62. The number of hydrogen-bond acceptors (Lipinski definition) is 28. The normalized spacial score (nSPS) is 25.2. The van der Waals surface area contributed by atoms with Crippen molar-refractivity contribution in [2.75, 3.05) is 33.0 Å². The van der Waals surface area contributed by atoms with E-state index in [4.69, 9.17) is 57.5 Å². The molecule has 0 amide bonds. The van der Waals surface area contributed by atoms with Gasteiger partial charge in [0, 0.05) is 34.1 Å². The molecule has 10 aromatic rings. The molecule has 8 N–H and O–H groups in total. The van der Waals surface area contributed by atoms with Gasteiger partial charge in [-0.1, -0.05) is 96.2 Å². The number of hydrogen-bond donors (Lipinski definition) is 7. The van der Waals surface area contributed by atoms with Gasteiger partial charge >= 0.3 is 47.5 Å². The zero-order valence-corrected chi connectivity index (χ0v) is 60.8. The summed E-state index contributed by atoms with van der Waals surface area (Å²) in [7, 11) is 0. The van der Waals surface area contributed by atoms with Crippen LogP contribution in [0.2, 0.25) is 0 Å². The molecule has 14 rings (SSSR count). The van der Waals surface area contributed by atoms with Gasteiger partial charge in [-0.25, -0.2) is 56.6 Å². The quantitative estimate of drug-likeness (QED) is 0.0353. The van der Waals surface area contributed by atoms with Crippen LogP contribution in [-0.2, 0) is 33.2 Å². The van der Waals surface area contributed by atoms with E-state index in [0.29, 0.717) is 45.2 Å². The van der Waals surface area contributed by atoms with Crippen molar-refractivity contribution in [2.24, 2.45) is 11.8 Å². The first-order valence-corrected chi connectivity index (χ1v) is 33.4. The van der Waals surface area contributed by atoms with Crippen molar-refractivity contribution >= 4 is 17.9 Å². The van der Waals surface area contributed by atoms with Crippen LogP contribution in [0.4, 0.5) is 13.2 Å². The Balaban J connectivity index is 0.000000170. The fourth-order valence-corrected chi connectivity index (χ4v) is 13.0. The van der Waals surface area contributed by atoms with Crippen LogP contribution >= 0.6 is 0 Å². The zero-order chi connectivity index (χ0) is 75.8. The first-order valence-electron chi connectivity index (χ1n) is 33.4. The fraction of sp³-hybridized carbons (Fsp3) is 0.400. The van der Waals surface area contributed by atoms with Crippen LogP contribution in [0.1, 0.15) is 142 Å². The number of aromatic nitrogens is 12. The number of rotatable bonds is 17. The maximum Gasteiger partial charge on any atom is 1.00 e. The van der Waals surface area contributed by atoms with E-state index < -0.39 is 134 Å². The number of nitrogens with one attached hydrogen (secondary N) is 1. The average Bonchev–Trinajstić information content (AvgIpc) is 1.75. The molecule has 4 saturated heterocycles. The summed E-state index contributed by atoms with van der Waals surface area (Å²) < 4.78 is 103. The van der Waals surface area contributed by atoms with Crippen LogP contribution in [0.15, 0.2) is 135 Å². The van der Waals surface area contributed by atoms with Gasteiger partial charge in [0.15, 0.2) is 12.4 Å². The molecule has 4 fully saturated rings. The summed E-state index contributed by atoms with van der Waals surface area (Å²) in [5, 5.41) is 92.3. The Hall–Kier alpha value is -9.35. The number of aryl methyl sites for hydroxylation is 3. The van der Waals surface area contributed by atoms with Gasteiger partial charge in [0.05, 0.1) is 80.8 Å². The molecule has 0 radical (unpaired) electrons. The molecule has 0 spiro atoms. The van der Waals surface area contributed by atoms with Gasteiger partial charge in [-0.05, 0) is 71.0 Å². The van der Waals surface area contributed by atoms with E-state index in [-0.39, 0.29) is 102 Å². The Kier molecular flexibility index (Phi) is 26.7. The van der Waals surface area contributed by atoms with Crippen molar-refractivity contribution in [3.8, 4) is 33.8 Å². The van der Waals surface area contributed by atoms with E-state index in [1.54, 1.807) is 82.0 Å². The maximum absolute atomic E-state index is 13.9. The minimum absolute atomic E-state index is 0. The third-order valence-corrected chi connectivity index (χ3v) is 18.0. The average molecular weight is 1500 g/mol. The summed E-state index contributed by atoms with van der Waals surface area (Å²) in [4.78, 5) is 48.6. The second-order valence-corrected chi connectivity index (χ2v) is 24.9. The van der Waals surface area contributed by atoms with Crippen LogP contribution in [-0.4, -0.2) is 189 Å². The number of aromatic carboxylic acids is 1. The predicted octanol–water partition coefficient (Wildman–Crippen LogP) is 5.12. The largest absolute Gasteiger partial charge is 1.00 e. The number of nitrogens with zero attached hydrogens (tertiary/aromatic N) is 12. The minimum Gasteiger partial charge on any atom is -0.553 e. The Labute approximate surface area is 629 Å². The summed E-state index contributed by atoms with van der Waals surface area (Å²) >= 11 is 0. The molecule has 10 heterocycles. The van der Waals surface area contributed by atoms with Crippen molar-refractivity contribution in [3.63, 3.8) is 0 Å². The number of carboxylic acid groups (broad SMARTS) is 1. The van der Waals surface area contributed by atoms with Crippen molar-refractivity contribution in [3.05, 3.63) is 203 Å². The standard InChI is InChI=1S/C29H29FN4O6.C22H25FN4O6.C19H19FN4O7.H2NO.Na/c1-4-36-28(35)25-17(3)31-27(39-25)24-16(2)23(34-14-21(32-33-34)19-11-8-12-20(30)13-19)26-22(38-24)15-37-29(40-26)18-9-6-5-7-10-18;1-4-31-22(30)20-12(3)24-21(33-20)19-11(2)17(18(29)16(10-28)32-19)27-9-15(25-26-27)13-6-5-7-14(23)8-13;1-8-16(19(28)29)31-18(21-8)17-15(27)13(14(26)12(7-25)30-17)24-6-11(22-23-24)9-3-2-4-10(20)5-9;1-2;/h5-14,16,22-24,26,29H,4,15H2,1-3H3;5-9,11,16-19,28-29H,4,10H2,1-3H3;2-6,12-15,17,25-27H,7H2,1H3,(H,28,29);1-2H;/q;;;-1;+1/t16-,22-,23-,24-,26+,29+;11-,16-,17-,18+,19-;12-,13+,14+,15-,17-;;/m111../s1. The van der Waals surface area contributed by atoms with Crippen LogP contribution in [0.5, 0.6) is 0 Å². The van der Waals surface area contributed by atoms with Crippen LogP contribution in [0, 0.1) is 50.1 Å². The molecule has 107 heavy (non-hydrogen) atoms. The molecular weight excluding hydrogens is 1420 g/mol. The monoisotopic (exact) mass is 1500 g/mol. The topological polar surface area (TPSA) is 451 Å². The van der Waals surface area contributed by atoms with Crippen LogP contribution in [0.3, 0.4) is 0 Å². The Morgan fingerprint density at radius 2 is 0.935 bits per heavy atom. The molecule has 562 valence electrons. The number of ether oxygens (including phenoxy) is 7. The summed E-state index contributed by atoms with van der Waals surface area (Å²) in [5.74, 6) is -0.00133. The maximum atomic E-state index is 13.9. The first kappa shape index (κ1) is 80.2. The number of fused-ring (bicyclic) bond motifs is 1. The van der Waals surface area contributed by atoms with E-state index in [0.717, 1.165) is 5.56 Å². The smallest absolute Gasteiger partial charge is 0.553 e. The van der Waals surface area contributed by atoms with Gasteiger partial charge in [0.25, 0.3) is 0 Å². The Bertz CT molecular complexity index is 4640. The molecule has 0 bridgehead atoms. The number of carboxylic acids is 1. The zero-order valence-electron chi connectivity index (χ0n) is 58.8. The molecule has 4 aliphatic rings. The molecule has 0 aliphatic carbocycles. The van der Waals surface area contributed by atoms with E-state index in [1.165, 1.54) is 64.9 Å². The van der Waals surface area contributed by atoms with Crippen molar-refractivity contribution in [2.45, 2.75) is 134 Å². The van der Waals surface area contributed by atoms with E-state index in [2.05, 4.69) is 45.9 Å². The number of carbonyl (C=O) groups is 3. The van der Waals surface area contributed by atoms with Crippen molar-refractivity contribution in [1.82, 2.24) is 59.9 Å². The number of aliphatic hydroxyl groups excluding tert-OH is 5. The number of oxazole rings is 3. The Morgan fingerprint density at radius 1 is 0.533 bits per heavy atom. The number of aliphatic hydroxyl groups is 5. The minimum atomic E-state index is -1.49. The summed E-state index contributed by atoms with van der Waals surface area (Å²) in [6, 6.07) is 25.3. The van der Waals surface area contributed by atoms with E-state index >= 15 is 0 Å². The molecule has 0 unspecified atom stereocenters. The van der Waals surface area contributed by atoms with E-state index in [1.807, 2.05) is 37.3 Å². The number of benzene rings is 4. The van der Waals surface area contributed by atoms with Crippen molar-refractivity contribution < 1.29 is 139 Å². The van der Waals surface area contributed by atoms with Gasteiger partial charge in [-0.2, -0.15) is 0 Å². The van der Waals surface area contributed by atoms with Gasteiger partial charge < -0.3 is 88.2 Å². The van der Waals surface area contributed by atoms with Crippen LogP contribution < -0.4 is 29.6 Å². The van der Waals surface area contributed by atoms with Gasteiger partial charge in [0.1, 0.15) is 95.5 Å². The van der Waals surface area contributed by atoms with Crippen molar-refractivity contribution in [1.29, 1.82) is 0 Å². The fourth-order valence-electron chi connectivity index (χ4n) is 13.0. The molecule has 4 aliphatic heterocycles. The molecule has 33 nitrogen and oxygen atoms in total. The molecule has 6 aromatic heterocycles. The van der Waals surface area contributed by atoms with E-state index in [9.17, 15) is 58.2 Å². The predicted molar refractivity (Wildman–Crippen MR) is 355 cm³/mol.